The summed E-state index contributed by atoms with van der Waals surface area (Å²) in [6, 6.07) is 12.4. The molecule has 140 valence electrons. The van der Waals surface area contributed by atoms with Crippen LogP contribution in [0.25, 0.3) is 11.1 Å². The van der Waals surface area contributed by atoms with Crippen LogP contribution >= 0.6 is 11.3 Å². The fraction of sp³-hybridized carbons (Fsp3) is 0.263. The lowest BCUT2D eigenvalue weighted by Gasteiger charge is -2.27. The molecule has 3 heterocycles. The maximum Gasteiger partial charge on any atom is 0.256 e. The molecule has 1 N–H and O–H groups in total. The van der Waals surface area contributed by atoms with E-state index in [1.165, 1.54) is 16.0 Å². The second-order valence-corrected chi connectivity index (χ2v) is 9.62. The molecular formula is C19H19N3O3S2. The zero-order chi connectivity index (χ0) is 19.0. The fourth-order valence-corrected chi connectivity index (χ4v) is 4.72. The molecule has 1 aromatic carbocycles. The molecule has 2 aromatic heterocycles. The summed E-state index contributed by atoms with van der Waals surface area (Å²) in [4.78, 5) is 22.3. The maximum atomic E-state index is 12.3. The van der Waals surface area contributed by atoms with Gasteiger partial charge in [-0.15, -0.1) is 11.3 Å². The number of thiophene rings is 1. The third kappa shape index (κ3) is 3.87. The van der Waals surface area contributed by atoms with Gasteiger partial charge in [0.05, 0.1) is 11.3 Å². The molecule has 0 spiro atoms. The van der Waals surface area contributed by atoms with Gasteiger partial charge in [0.2, 0.25) is 15.0 Å². The van der Waals surface area contributed by atoms with Gasteiger partial charge in [-0.3, -0.25) is 14.7 Å². The highest BCUT2D eigenvalue weighted by atomic mass is 32.2. The lowest BCUT2D eigenvalue weighted by Crippen LogP contribution is -2.35. The van der Waals surface area contributed by atoms with E-state index in [4.69, 9.17) is 0 Å². The van der Waals surface area contributed by atoms with E-state index in [2.05, 4.69) is 38.4 Å². The molecule has 1 aliphatic heterocycles. The summed E-state index contributed by atoms with van der Waals surface area (Å²) in [5.41, 5.74) is 3.18. The van der Waals surface area contributed by atoms with E-state index >= 15 is 0 Å². The Kier molecular flexibility index (Phi) is 4.71. The first-order chi connectivity index (χ1) is 12.9. The minimum absolute atomic E-state index is 0.245. The zero-order valence-corrected chi connectivity index (χ0v) is 16.4. The minimum atomic E-state index is -3.52. The highest BCUT2D eigenvalue weighted by Crippen LogP contribution is 2.27. The number of aromatic amines is 1. The van der Waals surface area contributed by atoms with E-state index in [-0.39, 0.29) is 10.7 Å². The van der Waals surface area contributed by atoms with E-state index in [0.29, 0.717) is 24.2 Å². The zero-order valence-electron chi connectivity index (χ0n) is 14.8. The fourth-order valence-electron chi connectivity index (χ4n) is 3.23. The number of fused-ring (bicyclic) bond motifs is 1. The molecule has 0 aliphatic carbocycles. The predicted molar refractivity (Wildman–Crippen MR) is 106 cm³/mol. The summed E-state index contributed by atoms with van der Waals surface area (Å²) in [6.07, 6.45) is 1.62. The van der Waals surface area contributed by atoms with Gasteiger partial charge in [0.1, 0.15) is 0 Å². The van der Waals surface area contributed by atoms with Crippen molar-refractivity contribution in [2.24, 2.45) is 0 Å². The van der Waals surface area contributed by atoms with E-state index in [0.717, 1.165) is 19.3 Å². The molecule has 0 radical (unpaired) electrons. The SMILES string of the molecule is CS(=O)(=O)c1nc2c(c(=O)[nH]1)CN(Cc1cc(-c3ccccc3)cs1)CC2. The average molecular weight is 402 g/mol. The van der Waals surface area contributed by atoms with Crippen LogP contribution in [0.15, 0.2) is 51.7 Å². The Morgan fingerprint density at radius 3 is 2.74 bits per heavy atom. The third-order valence-corrected chi connectivity index (χ3v) is 6.43. The molecule has 0 unspecified atom stereocenters. The molecule has 3 aromatic rings. The first kappa shape index (κ1) is 18.1. The van der Waals surface area contributed by atoms with Crippen molar-refractivity contribution in [2.75, 3.05) is 12.8 Å². The molecule has 4 rings (SSSR count). The number of hydrogen-bond donors (Lipinski definition) is 1. The van der Waals surface area contributed by atoms with Crippen LogP contribution in [0.1, 0.15) is 16.1 Å². The first-order valence-electron chi connectivity index (χ1n) is 8.57. The van der Waals surface area contributed by atoms with Crippen LogP contribution in [-0.4, -0.2) is 36.1 Å². The van der Waals surface area contributed by atoms with Crippen molar-refractivity contribution in [3.63, 3.8) is 0 Å². The summed E-state index contributed by atoms with van der Waals surface area (Å²) in [5, 5.41) is 1.90. The van der Waals surface area contributed by atoms with E-state index in [9.17, 15) is 13.2 Å². The van der Waals surface area contributed by atoms with Gasteiger partial charge in [0.15, 0.2) is 0 Å². The van der Waals surface area contributed by atoms with Gasteiger partial charge in [-0.1, -0.05) is 30.3 Å². The van der Waals surface area contributed by atoms with Gasteiger partial charge in [0.25, 0.3) is 5.56 Å². The van der Waals surface area contributed by atoms with Crippen LogP contribution in [0.2, 0.25) is 0 Å². The second-order valence-electron chi connectivity index (χ2n) is 6.70. The third-order valence-electron chi connectivity index (χ3n) is 4.62. The van der Waals surface area contributed by atoms with Crippen molar-refractivity contribution in [3.05, 3.63) is 68.3 Å². The second kappa shape index (κ2) is 7.03. The first-order valence-corrected chi connectivity index (χ1v) is 11.3. The number of aromatic nitrogens is 2. The molecule has 0 saturated carbocycles. The summed E-state index contributed by atoms with van der Waals surface area (Å²) in [5.74, 6) is 0. The number of nitrogens with zero attached hydrogens (tertiary/aromatic N) is 2. The Morgan fingerprint density at radius 1 is 1.22 bits per heavy atom. The summed E-state index contributed by atoms with van der Waals surface area (Å²) in [6.45, 7) is 1.97. The van der Waals surface area contributed by atoms with Crippen molar-refractivity contribution in [1.82, 2.24) is 14.9 Å². The molecule has 1 aliphatic rings. The van der Waals surface area contributed by atoms with E-state index < -0.39 is 9.84 Å². The maximum absolute atomic E-state index is 12.3. The van der Waals surface area contributed by atoms with E-state index in [1.54, 1.807) is 11.3 Å². The topological polar surface area (TPSA) is 83.1 Å². The van der Waals surface area contributed by atoms with Crippen LogP contribution in [0.3, 0.4) is 0 Å². The predicted octanol–water partition coefficient (Wildman–Crippen LogP) is 2.46. The quantitative estimate of drug-likeness (QED) is 0.679. The van der Waals surface area contributed by atoms with Gasteiger partial charge in [0, 0.05) is 37.2 Å². The van der Waals surface area contributed by atoms with Gasteiger partial charge in [-0.05, 0) is 22.6 Å². The van der Waals surface area contributed by atoms with Gasteiger partial charge >= 0.3 is 0 Å². The average Bonchev–Trinajstić information content (AvgIpc) is 3.10. The van der Waals surface area contributed by atoms with Crippen LogP contribution in [0, 0.1) is 0 Å². The normalized spacial score (nSPS) is 14.9. The van der Waals surface area contributed by atoms with Gasteiger partial charge < -0.3 is 0 Å². The summed E-state index contributed by atoms with van der Waals surface area (Å²) >= 11 is 1.71. The van der Waals surface area contributed by atoms with Crippen molar-refractivity contribution >= 4 is 21.2 Å². The smallest absolute Gasteiger partial charge is 0.256 e. The van der Waals surface area contributed by atoms with Crippen LogP contribution in [0.4, 0.5) is 0 Å². The Morgan fingerprint density at radius 2 is 2.00 bits per heavy atom. The number of benzene rings is 1. The van der Waals surface area contributed by atoms with Crippen molar-refractivity contribution in [3.8, 4) is 11.1 Å². The molecule has 0 fully saturated rings. The number of nitrogens with one attached hydrogen (secondary N) is 1. The number of rotatable bonds is 4. The molecular weight excluding hydrogens is 382 g/mol. The molecule has 0 atom stereocenters. The molecule has 0 bridgehead atoms. The minimum Gasteiger partial charge on any atom is -0.297 e. The van der Waals surface area contributed by atoms with E-state index in [1.807, 2.05) is 18.2 Å². The van der Waals surface area contributed by atoms with Gasteiger partial charge in [-0.25, -0.2) is 13.4 Å². The largest absolute Gasteiger partial charge is 0.297 e. The Bertz CT molecular complexity index is 1130. The van der Waals surface area contributed by atoms with Crippen molar-refractivity contribution in [1.29, 1.82) is 0 Å². The van der Waals surface area contributed by atoms with Gasteiger partial charge in [-0.2, -0.15) is 0 Å². The molecule has 0 amide bonds. The van der Waals surface area contributed by atoms with Crippen molar-refractivity contribution in [2.45, 2.75) is 24.7 Å². The Balaban J connectivity index is 1.53. The molecule has 27 heavy (non-hydrogen) atoms. The summed E-state index contributed by atoms with van der Waals surface area (Å²) in [7, 11) is -3.52. The lowest BCUT2D eigenvalue weighted by atomic mass is 10.1. The highest BCUT2D eigenvalue weighted by Gasteiger charge is 2.23. The highest BCUT2D eigenvalue weighted by molar-refractivity contribution is 7.90. The number of hydrogen-bond acceptors (Lipinski definition) is 6. The van der Waals surface area contributed by atoms with Crippen LogP contribution in [-0.2, 0) is 29.3 Å². The molecule has 8 heteroatoms. The Labute approximate surface area is 161 Å². The summed E-state index contributed by atoms with van der Waals surface area (Å²) < 4.78 is 23.3. The van der Waals surface area contributed by atoms with Crippen LogP contribution < -0.4 is 5.56 Å². The Hall–Kier alpha value is -2.29. The van der Waals surface area contributed by atoms with Crippen molar-refractivity contribution < 1.29 is 8.42 Å². The standard InChI is InChI=1S/C19H19N3O3S2/c1-27(24,25)19-20-17-7-8-22(11-16(17)18(23)21-19)10-15-9-14(12-26-15)13-5-3-2-4-6-13/h2-6,9,12H,7-8,10-11H2,1H3,(H,20,21,23). The lowest BCUT2D eigenvalue weighted by molar-refractivity contribution is 0.243. The molecule has 6 nitrogen and oxygen atoms in total. The van der Waals surface area contributed by atoms with Crippen LogP contribution in [0.5, 0.6) is 0 Å². The number of H-pyrrole nitrogens is 1. The monoisotopic (exact) mass is 401 g/mol. The molecule has 0 saturated heterocycles. The number of sulfone groups is 1.